The van der Waals surface area contributed by atoms with Crippen molar-refractivity contribution < 1.29 is 9.90 Å². The second-order valence-corrected chi connectivity index (χ2v) is 6.01. The molecule has 0 aliphatic heterocycles. The zero-order chi connectivity index (χ0) is 16.6. The molecule has 122 valence electrons. The average molecular weight is 317 g/mol. The maximum Gasteiger partial charge on any atom is 0.280 e. The van der Waals surface area contributed by atoms with Gasteiger partial charge in [0.05, 0.1) is 12.4 Å². The SMILES string of the molecule is CC(C)C(=O)Nc1nc2c(ncn2[C@H]2C=C[C@@H](CO)C2)c(=O)[nH]1. The van der Waals surface area contributed by atoms with Crippen molar-refractivity contribution in [1.82, 2.24) is 19.5 Å². The molecule has 0 bridgehead atoms. The molecule has 23 heavy (non-hydrogen) atoms. The van der Waals surface area contributed by atoms with Gasteiger partial charge in [-0.15, -0.1) is 0 Å². The van der Waals surface area contributed by atoms with Crippen LogP contribution in [0.4, 0.5) is 5.95 Å². The Kier molecular flexibility index (Phi) is 3.99. The van der Waals surface area contributed by atoms with Gasteiger partial charge in [-0.05, 0) is 6.42 Å². The zero-order valence-corrected chi connectivity index (χ0v) is 13.0. The molecule has 2 aromatic heterocycles. The summed E-state index contributed by atoms with van der Waals surface area (Å²) in [5, 5.41) is 11.8. The number of nitrogens with zero attached hydrogens (tertiary/aromatic N) is 3. The minimum atomic E-state index is -0.395. The quantitative estimate of drug-likeness (QED) is 0.723. The van der Waals surface area contributed by atoms with Gasteiger partial charge in [0.1, 0.15) is 0 Å². The molecular weight excluding hydrogens is 298 g/mol. The first-order valence-electron chi connectivity index (χ1n) is 7.56. The minimum absolute atomic E-state index is 0.0138. The van der Waals surface area contributed by atoms with Crippen molar-refractivity contribution in [2.24, 2.45) is 11.8 Å². The number of carbonyl (C=O) groups excluding carboxylic acids is 1. The number of hydrogen-bond acceptors (Lipinski definition) is 5. The smallest absolute Gasteiger partial charge is 0.280 e. The lowest BCUT2D eigenvalue weighted by atomic mass is 10.1. The van der Waals surface area contributed by atoms with Crippen LogP contribution < -0.4 is 10.9 Å². The van der Waals surface area contributed by atoms with Crippen LogP contribution in [0.25, 0.3) is 11.2 Å². The van der Waals surface area contributed by atoms with Crippen LogP contribution in [0.2, 0.25) is 0 Å². The van der Waals surface area contributed by atoms with E-state index in [2.05, 4.69) is 20.3 Å². The minimum Gasteiger partial charge on any atom is -0.396 e. The fraction of sp³-hybridized carbons (Fsp3) is 0.467. The molecule has 8 nitrogen and oxygen atoms in total. The molecule has 2 atom stereocenters. The number of hydrogen-bond donors (Lipinski definition) is 3. The van der Waals surface area contributed by atoms with Gasteiger partial charge in [0.2, 0.25) is 11.9 Å². The molecule has 3 rings (SSSR count). The highest BCUT2D eigenvalue weighted by Gasteiger charge is 2.23. The predicted octanol–water partition coefficient (Wildman–Crippen LogP) is 0.824. The number of H-pyrrole nitrogens is 1. The number of aromatic amines is 1. The van der Waals surface area contributed by atoms with Gasteiger partial charge in [-0.1, -0.05) is 26.0 Å². The van der Waals surface area contributed by atoms with Crippen LogP contribution in [0.3, 0.4) is 0 Å². The lowest BCUT2D eigenvalue weighted by Crippen LogP contribution is -2.22. The van der Waals surface area contributed by atoms with Crippen molar-refractivity contribution in [1.29, 1.82) is 0 Å². The van der Waals surface area contributed by atoms with Crippen LogP contribution in [-0.2, 0) is 4.79 Å². The number of anilines is 1. The summed E-state index contributed by atoms with van der Waals surface area (Å²) in [7, 11) is 0. The second kappa shape index (κ2) is 5.96. The van der Waals surface area contributed by atoms with Crippen LogP contribution in [0.1, 0.15) is 26.3 Å². The van der Waals surface area contributed by atoms with E-state index in [9.17, 15) is 14.7 Å². The number of aromatic nitrogens is 4. The van der Waals surface area contributed by atoms with E-state index in [1.165, 1.54) is 0 Å². The Labute approximate surface area is 132 Å². The monoisotopic (exact) mass is 317 g/mol. The third-order valence-corrected chi connectivity index (χ3v) is 3.94. The Hall–Kier alpha value is -2.48. The average Bonchev–Trinajstić information content (AvgIpc) is 3.12. The summed E-state index contributed by atoms with van der Waals surface area (Å²) in [4.78, 5) is 34.9. The first kappa shape index (κ1) is 15.4. The number of amides is 1. The molecule has 0 aromatic carbocycles. The summed E-state index contributed by atoms with van der Waals surface area (Å²) >= 11 is 0. The fourth-order valence-corrected chi connectivity index (χ4v) is 2.58. The Morgan fingerprint density at radius 1 is 1.52 bits per heavy atom. The highest BCUT2D eigenvalue weighted by molar-refractivity contribution is 5.91. The maximum atomic E-state index is 12.1. The first-order valence-corrected chi connectivity index (χ1v) is 7.56. The Bertz CT molecular complexity index is 820. The molecular formula is C15H19N5O3. The number of nitrogens with one attached hydrogen (secondary N) is 2. The van der Waals surface area contributed by atoms with E-state index in [1.54, 1.807) is 24.7 Å². The van der Waals surface area contributed by atoms with Gasteiger partial charge in [-0.2, -0.15) is 4.98 Å². The van der Waals surface area contributed by atoms with Gasteiger partial charge in [0.15, 0.2) is 11.2 Å². The third-order valence-electron chi connectivity index (χ3n) is 3.94. The van der Waals surface area contributed by atoms with Crippen LogP contribution in [-0.4, -0.2) is 37.1 Å². The van der Waals surface area contributed by atoms with Gasteiger partial charge >= 0.3 is 0 Å². The summed E-state index contributed by atoms with van der Waals surface area (Å²) in [5.74, 6) is -0.230. The van der Waals surface area contributed by atoms with Crippen molar-refractivity contribution in [2.45, 2.75) is 26.3 Å². The van der Waals surface area contributed by atoms with E-state index < -0.39 is 5.56 Å². The Morgan fingerprint density at radius 2 is 2.30 bits per heavy atom. The van der Waals surface area contributed by atoms with Gasteiger partial charge in [0, 0.05) is 18.4 Å². The number of rotatable bonds is 4. The van der Waals surface area contributed by atoms with E-state index in [0.29, 0.717) is 5.65 Å². The van der Waals surface area contributed by atoms with Gasteiger partial charge < -0.3 is 9.67 Å². The zero-order valence-electron chi connectivity index (χ0n) is 13.0. The van der Waals surface area contributed by atoms with E-state index in [0.717, 1.165) is 6.42 Å². The van der Waals surface area contributed by atoms with Gasteiger partial charge in [0.25, 0.3) is 5.56 Å². The van der Waals surface area contributed by atoms with E-state index in [-0.39, 0.29) is 41.9 Å². The molecule has 0 spiro atoms. The molecule has 0 saturated heterocycles. The van der Waals surface area contributed by atoms with Gasteiger partial charge in [-0.25, -0.2) is 4.98 Å². The van der Waals surface area contributed by atoms with Crippen molar-refractivity contribution in [3.05, 3.63) is 28.8 Å². The number of imidazole rings is 1. The van der Waals surface area contributed by atoms with Crippen molar-refractivity contribution in [3.63, 3.8) is 0 Å². The van der Waals surface area contributed by atoms with Crippen LogP contribution >= 0.6 is 0 Å². The first-order chi connectivity index (χ1) is 11.0. The van der Waals surface area contributed by atoms with E-state index in [1.807, 2.05) is 12.2 Å². The lowest BCUT2D eigenvalue weighted by molar-refractivity contribution is -0.118. The number of allylic oxidation sites excluding steroid dienone is 1. The van der Waals surface area contributed by atoms with Crippen molar-refractivity contribution >= 4 is 23.0 Å². The summed E-state index contributed by atoms with van der Waals surface area (Å²) < 4.78 is 1.79. The molecule has 1 amide bonds. The molecule has 1 aliphatic carbocycles. The highest BCUT2D eigenvalue weighted by Crippen LogP contribution is 2.29. The van der Waals surface area contributed by atoms with Crippen molar-refractivity contribution in [2.75, 3.05) is 11.9 Å². The lowest BCUT2D eigenvalue weighted by Gasteiger charge is -2.13. The summed E-state index contributed by atoms with van der Waals surface area (Å²) in [6.07, 6.45) is 6.21. The highest BCUT2D eigenvalue weighted by atomic mass is 16.3. The summed E-state index contributed by atoms with van der Waals surface area (Å²) in [6, 6.07) is -0.0138. The number of aliphatic hydroxyl groups excluding tert-OH is 1. The van der Waals surface area contributed by atoms with E-state index in [4.69, 9.17) is 0 Å². The normalized spacial score (nSPS) is 20.5. The number of carbonyl (C=O) groups is 1. The molecule has 1 aliphatic rings. The molecule has 0 radical (unpaired) electrons. The van der Waals surface area contributed by atoms with Crippen LogP contribution in [0.5, 0.6) is 0 Å². The van der Waals surface area contributed by atoms with Gasteiger partial charge in [-0.3, -0.25) is 19.9 Å². The topological polar surface area (TPSA) is 113 Å². The third kappa shape index (κ3) is 2.89. The molecule has 0 fully saturated rings. The van der Waals surface area contributed by atoms with Crippen molar-refractivity contribution in [3.8, 4) is 0 Å². The molecule has 8 heteroatoms. The van der Waals surface area contributed by atoms with Crippen LogP contribution in [0, 0.1) is 11.8 Å². The Morgan fingerprint density at radius 3 is 2.96 bits per heavy atom. The summed E-state index contributed by atoms with van der Waals surface area (Å²) in [5.41, 5.74) is 0.253. The largest absolute Gasteiger partial charge is 0.396 e. The summed E-state index contributed by atoms with van der Waals surface area (Å²) in [6.45, 7) is 3.60. The maximum absolute atomic E-state index is 12.1. The Balaban J connectivity index is 1.98. The molecule has 0 unspecified atom stereocenters. The predicted molar refractivity (Wildman–Crippen MR) is 85.0 cm³/mol. The number of aliphatic hydroxyl groups is 1. The standard InChI is InChI=1S/C15H19N5O3/c1-8(2)13(22)18-15-17-12-11(14(23)19-15)16-7-20(12)10-4-3-9(5-10)6-21/h3-4,7-10,21H,5-6H2,1-2H3,(H2,17,18,19,22,23)/t9-,10+/m1/s1. The number of fused-ring (bicyclic) bond motifs is 1. The molecule has 2 aromatic rings. The molecule has 2 heterocycles. The molecule has 0 saturated carbocycles. The fourth-order valence-electron chi connectivity index (χ4n) is 2.58. The van der Waals surface area contributed by atoms with E-state index >= 15 is 0 Å². The van der Waals surface area contributed by atoms with Crippen LogP contribution in [0.15, 0.2) is 23.3 Å². The molecule has 3 N–H and O–H groups in total. The second-order valence-electron chi connectivity index (χ2n) is 6.01.